The third kappa shape index (κ3) is 3.28. The molecule has 1 amide bonds. The second kappa shape index (κ2) is 6.68. The molecule has 1 aliphatic heterocycles. The molecule has 4 rings (SSSR count). The standard InChI is InChI=1S/C18H18N4O2S/c1-24-14-5-6-15-16(8-14)25-18(21-15)22-10-12(11-22)17(23)20-9-13-4-2-3-7-19-13/h2-8,12H,9-11H2,1H3,(H,20,23). The van der Waals surface area contributed by atoms with Crippen molar-refractivity contribution < 1.29 is 9.53 Å². The number of amides is 1. The van der Waals surface area contributed by atoms with Crippen LogP contribution in [0.15, 0.2) is 42.6 Å². The number of thiazole rings is 1. The fraction of sp³-hybridized carbons (Fsp3) is 0.278. The number of hydrogen-bond acceptors (Lipinski definition) is 6. The number of aromatic nitrogens is 2. The molecule has 1 N–H and O–H groups in total. The minimum Gasteiger partial charge on any atom is -0.497 e. The highest BCUT2D eigenvalue weighted by Gasteiger charge is 2.34. The number of carbonyl (C=O) groups excluding carboxylic acids is 1. The molecule has 0 unspecified atom stereocenters. The predicted molar refractivity (Wildman–Crippen MR) is 98.0 cm³/mol. The molecule has 3 heterocycles. The van der Waals surface area contributed by atoms with E-state index in [1.54, 1.807) is 24.6 Å². The highest BCUT2D eigenvalue weighted by atomic mass is 32.1. The summed E-state index contributed by atoms with van der Waals surface area (Å²) in [6, 6.07) is 11.6. The maximum Gasteiger partial charge on any atom is 0.227 e. The van der Waals surface area contributed by atoms with Gasteiger partial charge >= 0.3 is 0 Å². The number of pyridine rings is 1. The molecule has 0 spiro atoms. The molecule has 0 atom stereocenters. The highest BCUT2D eigenvalue weighted by Crippen LogP contribution is 2.34. The Morgan fingerprint density at radius 3 is 3.00 bits per heavy atom. The molecule has 3 aromatic rings. The van der Waals surface area contributed by atoms with Crippen molar-refractivity contribution in [3.8, 4) is 5.75 Å². The SMILES string of the molecule is COc1ccc2nc(N3CC(C(=O)NCc4ccccn4)C3)sc2c1. The number of ether oxygens (including phenoxy) is 1. The van der Waals surface area contributed by atoms with E-state index in [1.807, 2.05) is 36.4 Å². The van der Waals surface area contributed by atoms with Gasteiger partial charge in [0, 0.05) is 19.3 Å². The monoisotopic (exact) mass is 354 g/mol. The second-order valence-electron chi connectivity index (χ2n) is 5.97. The predicted octanol–water partition coefficient (Wildman–Crippen LogP) is 2.45. The quantitative estimate of drug-likeness (QED) is 0.762. The van der Waals surface area contributed by atoms with Crippen molar-refractivity contribution in [2.45, 2.75) is 6.54 Å². The number of nitrogens with one attached hydrogen (secondary N) is 1. The van der Waals surface area contributed by atoms with E-state index in [0.717, 1.165) is 26.8 Å². The Bertz CT molecular complexity index is 890. The smallest absolute Gasteiger partial charge is 0.227 e. The lowest BCUT2D eigenvalue weighted by Gasteiger charge is -2.37. The van der Waals surface area contributed by atoms with Gasteiger partial charge in [0.1, 0.15) is 5.75 Å². The molecule has 0 bridgehead atoms. The third-order valence-corrected chi connectivity index (χ3v) is 5.36. The first-order valence-electron chi connectivity index (χ1n) is 8.10. The van der Waals surface area contributed by atoms with Crippen LogP contribution in [0.4, 0.5) is 5.13 Å². The Morgan fingerprint density at radius 1 is 1.36 bits per heavy atom. The summed E-state index contributed by atoms with van der Waals surface area (Å²) in [5.41, 5.74) is 1.83. The van der Waals surface area contributed by atoms with Crippen LogP contribution in [0.2, 0.25) is 0 Å². The highest BCUT2D eigenvalue weighted by molar-refractivity contribution is 7.22. The van der Waals surface area contributed by atoms with Crippen LogP contribution >= 0.6 is 11.3 Å². The average Bonchev–Trinajstić information content (AvgIpc) is 3.02. The lowest BCUT2D eigenvalue weighted by molar-refractivity contribution is -0.125. The van der Waals surface area contributed by atoms with Crippen molar-refractivity contribution in [3.63, 3.8) is 0 Å². The van der Waals surface area contributed by atoms with Crippen molar-refractivity contribution >= 4 is 32.6 Å². The summed E-state index contributed by atoms with van der Waals surface area (Å²) >= 11 is 1.63. The van der Waals surface area contributed by atoms with Gasteiger partial charge < -0.3 is 15.0 Å². The number of nitrogens with zero attached hydrogens (tertiary/aromatic N) is 3. The minimum atomic E-state index is 0.00487. The molecule has 0 aliphatic carbocycles. The van der Waals surface area contributed by atoms with Gasteiger partial charge in [0.05, 0.1) is 35.5 Å². The zero-order chi connectivity index (χ0) is 17.2. The number of methoxy groups -OCH3 is 1. The van der Waals surface area contributed by atoms with Gasteiger partial charge in [-0.1, -0.05) is 17.4 Å². The molecule has 6 nitrogen and oxygen atoms in total. The molecule has 1 aromatic carbocycles. The van der Waals surface area contributed by atoms with E-state index >= 15 is 0 Å². The molecule has 128 valence electrons. The van der Waals surface area contributed by atoms with E-state index in [2.05, 4.69) is 20.2 Å². The van der Waals surface area contributed by atoms with Crippen LogP contribution in [0.1, 0.15) is 5.69 Å². The van der Waals surface area contributed by atoms with E-state index in [0.29, 0.717) is 19.6 Å². The average molecular weight is 354 g/mol. The van der Waals surface area contributed by atoms with Gasteiger partial charge in [-0.05, 0) is 30.3 Å². The molecule has 7 heteroatoms. The van der Waals surface area contributed by atoms with E-state index in [4.69, 9.17) is 4.74 Å². The van der Waals surface area contributed by atoms with Crippen LogP contribution in [0.25, 0.3) is 10.2 Å². The van der Waals surface area contributed by atoms with Gasteiger partial charge in [0.15, 0.2) is 5.13 Å². The largest absolute Gasteiger partial charge is 0.497 e. The van der Waals surface area contributed by atoms with Gasteiger partial charge in [-0.3, -0.25) is 9.78 Å². The van der Waals surface area contributed by atoms with Gasteiger partial charge in [0.25, 0.3) is 0 Å². The molecule has 1 saturated heterocycles. The number of hydrogen-bond donors (Lipinski definition) is 1. The number of anilines is 1. The molecule has 2 aromatic heterocycles. The van der Waals surface area contributed by atoms with E-state index in [1.165, 1.54) is 0 Å². The number of rotatable bonds is 5. The Hall–Kier alpha value is -2.67. The number of fused-ring (bicyclic) bond motifs is 1. The minimum absolute atomic E-state index is 0.00487. The second-order valence-corrected chi connectivity index (χ2v) is 6.98. The van der Waals surface area contributed by atoms with Crippen LogP contribution in [0.5, 0.6) is 5.75 Å². The van der Waals surface area contributed by atoms with Crippen molar-refractivity contribution in [2.75, 3.05) is 25.1 Å². The first kappa shape index (κ1) is 15.8. The summed E-state index contributed by atoms with van der Waals surface area (Å²) < 4.78 is 6.35. The molecule has 25 heavy (non-hydrogen) atoms. The molecular formula is C18H18N4O2S. The number of carbonyl (C=O) groups is 1. The maximum absolute atomic E-state index is 12.2. The van der Waals surface area contributed by atoms with Crippen LogP contribution < -0.4 is 15.0 Å². The molecule has 0 radical (unpaired) electrons. The van der Waals surface area contributed by atoms with Crippen LogP contribution in [-0.2, 0) is 11.3 Å². The first-order valence-corrected chi connectivity index (χ1v) is 8.92. The van der Waals surface area contributed by atoms with Crippen molar-refractivity contribution in [1.82, 2.24) is 15.3 Å². The molecule has 0 saturated carbocycles. The zero-order valence-corrected chi connectivity index (χ0v) is 14.6. The maximum atomic E-state index is 12.2. The summed E-state index contributed by atoms with van der Waals surface area (Å²) in [5, 5.41) is 3.91. The lowest BCUT2D eigenvalue weighted by atomic mass is 10.00. The van der Waals surface area contributed by atoms with E-state index in [9.17, 15) is 4.79 Å². The molecular weight excluding hydrogens is 336 g/mol. The summed E-state index contributed by atoms with van der Waals surface area (Å²) in [6.07, 6.45) is 1.73. The van der Waals surface area contributed by atoms with Gasteiger partial charge in [-0.2, -0.15) is 0 Å². The fourth-order valence-corrected chi connectivity index (χ4v) is 3.79. The fourth-order valence-electron chi connectivity index (χ4n) is 2.78. The normalized spacial score (nSPS) is 14.4. The lowest BCUT2D eigenvalue weighted by Crippen LogP contribution is -2.53. The Morgan fingerprint density at radius 2 is 2.24 bits per heavy atom. The van der Waals surface area contributed by atoms with Gasteiger partial charge in [-0.15, -0.1) is 0 Å². The molecule has 1 aliphatic rings. The van der Waals surface area contributed by atoms with E-state index in [-0.39, 0.29) is 11.8 Å². The summed E-state index contributed by atoms with van der Waals surface area (Å²) in [4.78, 5) is 23.2. The summed E-state index contributed by atoms with van der Waals surface area (Å²) in [5.74, 6) is 0.910. The van der Waals surface area contributed by atoms with Crippen LogP contribution in [0, 0.1) is 5.92 Å². The summed E-state index contributed by atoms with van der Waals surface area (Å²) in [7, 11) is 1.66. The van der Waals surface area contributed by atoms with Crippen molar-refractivity contribution in [1.29, 1.82) is 0 Å². The topological polar surface area (TPSA) is 67.3 Å². The van der Waals surface area contributed by atoms with Crippen molar-refractivity contribution in [3.05, 3.63) is 48.3 Å². The van der Waals surface area contributed by atoms with Gasteiger partial charge in [-0.25, -0.2) is 4.98 Å². The molecule has 1 fully saturated rings. The third-order valence-electron chi connectivity index (χ3n) is 4.28. The van der Waals surface area contributed by atoms with E-state index < -0.39 is 0 Å². The Kier molecular flexibility index (Phi) is 4.23. The van der Waals surface area contributed by atoms with Crippen LogP contribution in [0.3, 0.4) is 0 Å². The van der Waals surface area contributed by atoms with Gasteiger partial charge in [0.2, 0.25) is 5.91 Å². The first-order chi connectivity index (χ1) is 12.2. The van der Waals surface area contributed by atoms with Crippen LogP contribution in [-0.4, -0.2) is 36.1 Å². The summed E-state index contributed by atoms with van der Waals surface area (Å²) in [6.45, 7) is 1.87. The Balaban J connectivity index is 1.34. The Labute approximate surface area is 149 Å². The van der Waals surface area contributed by atoms with Crippen molar-refractivity contribution in [2.24, 2.45) is 5.92 Å². The number of benzene rings is 1. The zero-order valence-electron chi connectivity index (χ0n) is 13.8.